The number of ether oxygens (including phenoxy) is 1. The van der Waals surface area contributed by atoms with Crippen LogP contribution in [0.4, 0.5) is 5.69 Å². The zero-order valence-corrected chi connectivity index (χ0v) is 25.0. The Labute approximate surface area is 249 Å². The van der Waals surface area contributed by atoms with Crippen LogP contribution in [0.3, 0.4) is 0 Å². The summed E-state index contributed by atoms with van der Waals surface area (Å²) in [5.74, 6) is 1.32. The van der Waals surface area contributed by atoms with Gasteiger partial charge in [-0.3, -0.25) is 9.88 Å². The molecule has 6 rings (SSSR count). The minimum atomic E-state index is 0.0155. The lowest BCUT2D eigenvalue weighted by atomic mass is 9.62. The lowest BCUT2D eigenvalue weighted by Crippen LogP contribution is -2.58. The Hall–Kier alpha value is -3.11. The fourth-order valence-electron chi connectivity index (χ4n) is 7.54. The molecule has 4 heterocycles. The van der Waals surface area contributed by atoms with Gasteiger partial charge in [0.1, 0.15) is 11.8 Å². The molecule has 1 N–H and O–H groups in total. The molecule has 41 heavy (non-hydrogen) atoms. The molecule has 2 fully saturated rings. The average molecular weight is 570 g/mol. The first-order valence-electron chi connectivity index (χ1n) is 15.2. The molecule has 214 valence electrons. The average Bonchev–Trinajstić information content (AvgIpc) is 3.50. The summed E-state index contributed by atoms with van der Waals surface area (Å²) in [5, 5.41) is 14.2. The van der Waals surface area contributed by atoms with Crippen molar-refractivity contribution in [3.63, 3.8) is 0 Å². The van der Waals surface area contributed by atoms with Gasteiger partial charge in [-0.15, -0.1) is 0 Å². The monoisotopic (exact) mass is 569 g/mol. The van der Waals surface area contributed by atoms with Crippen LogP contribution in [-0.4, -0.2) is 55.3 Å². The van der Waals surface area contributed by atoms with Crippen LogP contribution in [0, 0.1) is 17.2 Å². The Balaban J connectivity index is 1.38. The summed E-state index contributed by atoms with van der Waals surface area (Å²) in [7, 11) is 0. The van der Waals surface area contributed by atoms with Crippen molar-refractivity contribution in [2.45, 2.75) is 57.5 Å². The highest BCUT2D eigenvalue weighted by Crippen LogP contribution is 2.48. The van der Waals surface area contributed by atoms with Gasteiger partial charge in [0, 0.05) is 54.8 Å². The quantitative estimate of drug-likeness (QED) is 0.354. The highest BCUT2D eigenvalue weighted by atomic mass is 35.5. The molecule has 0 amide bonds. The van der Waals surface area contributed by atoms with Gasteiger partial charge in [0.25, 0.3) is 0 Å². The maximum atomic E-state index is 9.85. The van der Waals surface area contributed by atoms with Crippen LogP contribution >= 0.6 is 11.6 Å². The number of anilines is 1. The number of hydrogen-bond donors (Lipinski definition) is 1. The van der Waals surface area contributed by atoms with Gasteiger partial charge >= 0.3 is 0 Å². The van der Waals surface area contributed by atoms with E-state index in [9.17, 15) is 5.26 Å². The zero-order chi connectivity index (χ0) is 28.4. The first-order valence-corrected chi connectivity index (χ1v) is 15.6. The van der Waals surface area contributed by atoms with E-state index in [0.29, 0.717) is 29.2 Å². The molecule has 1 unspecified atom stereocenters. The fourth-order valence-corrected chi connectivity index (χ4v) is 7.71. The first-order chi connectivity index (χ1) is 20.0. The van der Waals surface area contributed by atoms with Crippen molar-refractivity contribution in [2.24, 2.45) is 5.92 Å². The molecule has 3 aliphatic heterocycles. The van der Waals surface area contributed by atoms with Crippen molar-refractivity contribution in [1.29, 1.82) is 5.26 Å². The number of nitriles is 1. The highest BCUT2D eigenvalue weighted by molar-refractivity contribution is 6.30. The molecule has 3 aromatic rings. The minimum absolute atomic E-state index is 0.0155. The lowest BCUT2D eigenvalue weighted by molar-refractivity contribution is 0.0968. The third kappa shape index (κ3) is 5.44. The molecule has 2 aromatic carbocycles. The van der Waals surface area contributed by atoms with Crippen LogP contribution in [0.1, 0.15) is 56.4 Å². The Bertz CT molecular complexity index is 1430. The molecule has 0 radical (unpaired) electrons. The van der Waals surface area contributed by atoms with Crippen LogP contribution in [0.15, 0.2) is 54.6 Å². The topological polar surface area (TPSA) is 64.4 Å². The summed E-state index contributed by atoms with van der Waals surface area (Å²) < 4.78 is 5.97. The van der Waals surface area contributed by atoms with Crippen LogP contribution in [0.25, 0.3) is 11.3 Å². The second kappa shape index (κ2) is 12.0. The van der Waals surface area contributed by atoms with Crippen LogP contribution in [0.5, 0.6) is 5.75 Å². The summed E-state index contributed by atoms with van der Waals surface area (Å²) >= 11 is 6.24. The fraction of sp³-hybridized carbons (Fsp3) is 0.471. The van der Waals surface area contributed by atoms with Crippen molar-refractivity contribution in [3.8, 4) is 23.1 Å². The molecule has 0 saturated carbocycles. The molecule has 1 aromatic heterocycles. The van der Waals surface area contributed by atoms with E-state index in [2.05, 4.69) is 52.4 Å². The van der Waals surface area contributed by atoms with Gasteiger partial charge in [-0.2, -0.15) is 5.26 Å². The maximum absolute atomic E-state index is 9.85. The van der Waals surface area contributed by atoms with Gasteiger partial charge in [0.15, 0.2) is 0 Å². The van der Waals surface area contributed by atoms with Gasteiger partial charge in [0.2, 0.25) is 0 Å². The molecule has 0 bridgehead atoms. The third-order valence-corrected chi connectivity index (χ3v) is 9.69. The first kappa shape index (κ1) is 28.0. The summed E-state index contributed by atoms with van der Waals surface area (Å²) in [6, 6.07) is 21.4. The molecule has 6 nitrogen and oxygen atoms in total. The number of aromatic nitrogens is 1. The molecule has 3 aliphatic rings. The number of piperidine rings is 1. The van der Waals surface area contributed by atoms with E-state index in [1.54, 1.807) is 6.07 Å². The van der Waals surface area contributed by atoms with Crippen LogP contribution in [0.2, 0.25) is 5.02 Å². The van der Waals surface area contributed by atoms with Gasteiger partial charge in [-0.1, -0.05) is 43.1 Å². The van der Waals surface area contributed by atoms with Crippen molar-refractivity contribution in [1.82, 2.24) is 15.2 Å². The van der Waals surface area contributed by atoms with E-state index >= 15 is 0 Å². The second-order valence-corrected chi connectivity index (χ2v) is 12.2. The molecule has 0 aliphatic carbocycles. The van der Waals surface area contributed by atoms with Crippen molar-refractivity contribution in [2.75, 3.05) is 44.2 Å². The van der Waals surface area contributed by atoms with E-state index in [0.717, 1.165) is 74.8 Å². The van der Waals surface area contributed by atoms with E-state index in [1.807, 2.05) is 31.2 Å². The van der Waals surface area contributed by atoms with Crippen molar-refractivity contribution in [3.05, 3.63) is 76.4 Å². The number of hydrogen-bond acceptors (Lipinski definition) is 6. The second-order valence-electron chi connectivity index (χ2n) is 11.8. The highest BCUT2D eigenvalue weighted by Gasteiger charge is 2.48. The van der Waals surface area contributed by atoms with E-state index in [4.69, 9.17) is 21.3 Å². The molecule has 7 heteroatoms. The van der Waals surface area contributed by atoms with Gasteiger partial charge in [0.05, 0.1) is 29.2 Å². The molecular formula is C34H40ClN5O. The smallest absolute Gasteiger partial charge is 0.128 e. The standard InChI is InChI=1S/C34H40ClN5O/c1-3-25-20-40(32-14-11-26(35)18-24(32)19-36)17-15-34(25)23-39(21-27-8-7-16-37-27)22-31-29(34)12-13-30(38-31)28-9-5-6-10-33(28)41-4-2/h5-6,9-14,18,25,27,37H,3-4,7-8,15-17,20-23H2,1-2H3/t25-,27?,34+/m0/s1. The minimum Gasteiger partial charge on any atom is -0.493 e. The predicted octanol–water partition coefficient (Wildman–Crippen LogP) is 6.41. The van der Waals surface area contributed by atoms with E-state index in [-0.39, 0.29) is 5.41 Å². The van der Waals surface area contributed by atoms with Crippen LogP contribution < -0.4 is 15.0 Å². The van der Waals surface area contributed by atoms with Crippen molar-refractivity contribution < 1.29 is 4.74 Å². The number of nitrogens with zero attached hydrogens (tertiary/aromatic N) is 4. The van der Waals surface area contributed by atoms with Gasteiger partial charge < -0.3 is 15.0 Å². The molecule has 1 spiro atoms. The Morgan fingerprint density at radius 1 is 1.17 bits per heavy atom. The van der Waals surface area contributed by atoms with E-state index < -0.39 is 0 Å². The largest absolute Gasteiger partial charge is 0.493 e. The normalized spacial score (nSPS) is 24.3. The van der Waals surface area contributed by atoms with Crippen molar-refractivity contribution >= 4 is 17.3 Å². The van der Waals surface area contributed by atoms with E-state index in [1.165, 1.54) is 24.1 Å². The molecule has 3 atom stereocenters. The third-order valence-electron chi connectivity index (χ3n) is 9.46. The SMILES string of the molecule is CCOc1ccccc1-c1ccc2c(n1)CN(CC1CCCN1)C[C@@]21CCN(c2ccc(Cl)cc2C#N)C[C@@H]1CC. The zero-order valence-electron chi connectivity index (χ0n) is 24.2. The summed E-state index contributed by atoms with van der Waals surface area (Å²) in [6.45, 7) is 10.9. The summed E-state index contributed by atoms with van der Waals surface area (Å²) in [6.07, 6.45) is 4.59. The number of pyridine rings is 1. The van der Waals surface area contributed by atoms with Gasteiger partial charge in [-0.25, -0.2) is 0 Å². The number of rotatable bonds is 7. The number of para-hydroxylation sites is 1. The molecule has 2 saturated heterocycles. The molecular weight excluding hydrogens is 530 g/mol. The lowest BCUT2D eigenvalue weighted by Gasteiger charge is -2.53. The summed E-state index contributed by atoms with van der Waals surface area (Å²) in [4.78, 5) is 10.4. The number of fused-ring (bicyclic) bond motifs is 2. The summed E-state index contributed by atoms with van der Waals surface area (Å²) in [5.41, 5.74) is 6.31. The Kier molecular flexibility index (Phi) is 8.21. The Morgan fingerprint density at radius 2 is 2.05 bits per heavy atom. The van der Waals surface area contributed by atoms with Gasteiger partial charge in [-0.05, 0) is 80.6 Å². The number of nitrogens with one attached hydrogen (secondary N) is 1. The Morgan fingerprint density at radius 3 is 2.83 bits per heavy atom. The predicted molar refractivity (Wildman–Crippen MR) is 166 cm³/mol. The number of halogens is 1. The number of benzene rings is 2. The van der Waals surface area contributed by atoms with Crippen LogP contribution in [-0.2, 0) is 12.0 Å². The maximum Gasteiger partial charge on any atom is 0.128 e.